The van der Waals surface area contributed by atoms with Gasteiger partial charge in [-0.1, -0.05) is 29.8 Å². The number of aromatic nitrogens is 3. The first-order valence-electron chi connectivity index (χ1n) is 5.64. The molecular weight excluding hydrogens is 291 g/mol. The van der Waals surface area contributed by atoms with Gasteiger partial charge >= 0.3 is 6.18 Å². The molecule has 20 heavy (non-hydrogen) atoms. The molecule has 0 aliphatic rings. The van der Waals surface area contributed by atoms with Crippen LogP contribution in [0.3, 0.4) is 0 Å². The summed E-state index contributed by atoms with van der Waals surface area (Å²) in [7, 11) is 0. The van der Waals surface area contributed by atoms with Crippen molar-refractivity contribution in [3.8, 4) is 11.4 Å². The highest BCUT2D eigenvalue weighted by Crippen LogP contribution is 2.36. The summed E-state index contributed by atoms with van der Waals surface area (Å²) < 4.78 is 40.5. The molecule has 1 aromatic carbocycles. The standard InChI is InChI=1S/C13H7ClF3N3/c14-10-6-3-7-20-11(18-19-12(10)20)8-4-1-2-5-9(8)13(15,16)17/h1-7H. The number of hydrogen-bond donors (Lipinski definition) is 0. The summed E-state index contributed by atoms with van der Waals surface area (Å²) in [5, 5.41) is 7.99. The Balaban J connectivity index is 2.30. The van der Waals surface area contributed by atoms with Crippen LogP contribution in [0.25, 0.3) is 17.0 Å². The van der Waals surface area contributed by atoms with Gasteiger partial charge in [-0.25, -0.2) is 0 Å². The Morgan fingerprint density at radius 1 is 1.00 bits per heavy atom. The fourth-order valence-electron chi connectivity index (χ4n) is 1.99. The lowest BCUT2D eigenvalue weighted by Gasteiger charge is -2.11. The number of rotatable bonds is 1. The number of fused-ring (bicyclic) bond motifs is 1. The number of alkyl halides is 3. The van der Waals surface area contributed by atoms with Gasteiger partial charge in [0.1, 0.15) is 0 Å². The lowest BCUT2D eigenvalue weighted by molar-refractivity contribution is -0.137. The molecule has 2 aromatic heterocycles. The molecule has 0 atom stereocenters. The van der Waals surface area contributed by atoms with Gasteiger partial charge < -0.3 is 0 Å². The second kappa shape index (κ2) is 4.49. The average Bonchev–Trinajstić information content (AvgIpc) is 2.83. The van der Waals surface area contributed by atoms with Gasteiger partial charge in [-0.2, -0.15) is 13.2 Å². The molecule has 0 amide bonds. The zero-order valence-corrected chi connectivity index (χ0v) is 10.7. The molecule has 0 saturated heterocycles. The van der Waals surface area contributed by atoms with Crippen molar-refractivity contribution in [2.75, 3.05) is 0 Å². The first-order chi connectivity index (χ1) is 9.48. The maximum absolute atomic E-state index is 13.0. The van der Waals surface area contributed by atoms with E-state index in [0.29, 0.717) is 10.7 Å². The van der Waals surface area contributed by atoms with Gasteiger partial charge in [-0.05, 0) is 18.2 Å². The molecule has 3 aromatic rings. The molecule has 2 heterocycles. The minimum Gasteiger partial charge on any atom is -0.281 e. The number of nitrogens with zero attached hydrogens (tertiary/aromatic N) is 3. The van der Waals surface area contributed by atoms with Crippen LogP contribution in [0.5, 0.6) is 0 Å². The zero-order chi connectivity index (χ0) is 14.3. The lowest BCUT2D eigenvalue weighted by Crippen LogP contribution is -2.08. The third kappa shape index (κ3) is 2.02. The van der Waals surface area contributed by atoms with Crippen LogP contribution >= 0.6 is 11.6 Å². The summed E-state index contributed by atoms with van der Waals surface area (Å²) in [4.78, 5) is 0. The number of hydrogen-bond acceptors (Lipinski definition) is 2. The van der Waals surface area contributed by atoms with E-state index in [1.165, 1.54) is 22.6 Å². The van der Waals surface area contributed by atoms with Crippen molar-refractivity contribution >= 4 is 17.2 Å². The summed E-state index contributed by atoms with van der Waals surface area (Å²) in [5.74, 6) is 0.107. The smallest absolute Gasteiger partial charge is 0.281 e. The van der Waals surface area contributed by atoms with Gasteiger partial charge in [0.25, 0.3) is 0 Å². The zero-order valence-electron chi connectivity index (χ0n) is 9.89. The first-order valence-corrected chi connectivity index (χ1v) is 6.02. The van der Waals surface area contributed by atoms with Crippen molar-refractivity contribution in [3.63, 3.8) is 0 Å². The Bertz CT molecular complexity index is 780. The van der Waals surface area contributed by atoms with Crippen molar-refractivity contribution in [2.24, 2.45) is 0 Å². The van der Waals surface area contributed by atoms with E-state index in [2.05, 4.69) is 10.2 Å². The Labute approximate surface area is 116 Å². The number of benzene rings is 1. The Morgan fingerprint density at radius 2 is 1.75 bits per heavy atom. The molecule has 0 unspecified atom stereocenters. The van der Waals surface area contributed by atoms with Crippen LogP contribution < -0.4 is 0 Å². The minimum absolute atomic E-state index is 0.0326. The highest BCUT2D eigenvalue weighted by molar-refractivity contribution is 6.33. The van der Waals surface area contributed by atoms with Crippen molar-refractivity contribution in [3.05, 3.63) is 53.2 Å². The number of halogens is 4. The predicted octanol–water partition coefficient (Wildman–Crippen LogP) is 4.07. The van der Waals surface area contributed by atoms with E-state index in [1.54, 1.807) is 18.3 Å². The Morgan fingerprint density at radius 3 is 2.50 bits per heavy atom. The minimum atomic E-state index is -4.46. The van der Waals surface area contributed by atoms with E-state index in [1.807, 2.05) is 0 Å². The molecule has 0 aliphatic carbocycles. The topological polar surface area (TPSA) is 30.2 Å². The average molecular weight is 298 g/mol. The summed E-state index contributed by atoms with van der Waals surface area (Å²) in [5.41, 5.74) is -0.467. The van der Waals surface area contributed by atoms with Crippen LogP contribution in [0, 0.1) is 0 Å². The van der Waals surface area contributed by atoms with Gasteiger partial charge in [0.15, 0.2) is 11.5 Å². The molecule has 0 spiro atoms. The Hall–Kier alpha value is -2.08. The molecule has 3 nitrogen and oxygen atoms in total. The summed E-state index contributed by atoms with van der Waals surface area (Å²) >= 11 is 5.94. The molecule has 0 aliphatic heterocycles. The van der Waals surface area contributed by atoms with E-state index in [4.69, 9.17) is 11.6 Å². The summed E-state index contributed by atoms with van der Waals surface area (Å²) in [6, 6.07) is 8.46. The quantitative estimate of drug-likeness (QED) is 0.678. The monoisotopic (exact) mass is 297 g/mol. The fraction of sp³-hybridized carbons (Fsp3) is 0.0769. The molecule has 7 heteroatoms. The van der Waals surface area contributed by atoms with Crippen LogP contribution in [-0.2, 0) is 6.18 Å². The van der Waals surface area contributed by atoms with Gasteiger partial charge in [0.2, 0.25) is 0 Å². The van der Waals surface area contributed by atoms with Crippen LogP contribution in [0.1, 0.15) is 5.56 Å². The normalized spacial score (nSPS) is 12.0. The maximum Gasteiger partial charge on any atom is 0.417 e. The van der Waals surface area contributed by atoms with E-state index in [-0.39, 0.29) is 11.4 Å². The van der Waals surface area contributed by atoms with Crippen LogP contribution in [-0.4, -0.2) is 14.6 Å². The molecular formula is C13H7ClF3N3. The van der Waals surface area contributed by atoms with Crippen molar-refractivity contribution in [2.45, 2.75) is 6.18 Å². The summed E-state index contributed by atoms with van der Waals surface area (Å²) in [6.07, 6.45) is -2.88. The van der Waals surface area contributed by atoms with Gasteiger partial charge in [0, 0.05) is 11.8 Å². The van der Waals surface area contributed by atoms with E-state index < -0.39 is 11.7 Å². The SMILES string of the molecule is FC(F)(F)c1ccccc1-c1nnc2c(Cl)cccn12. The lowest BCUT2D eigenvalue weighted by atomic mass is 10.1. The molecule has 0 bridgehead atoms. The largest absolute Gasteiger partial charge is 0.417 e. The Kier molecular flexibility index (Phi) is 2.90. The van der Waals surface area contributed by atoms with Crippen molar-refractivity contribution in [1.82, 2.24) is 14.6 Å². The van der Waals surface area contributed by atoms with Gasteiger partial charge in [-0.3, -0.25) is 4.40 Å². The van der Waals surface area contributed by atoms with E-state index in [9.17, 15) is 13.2 Å². The fourth-order valence-corrected chi connectivity index (χ4v) is 2.19. The maximum atomic E-state index is 13.0. The molecule has 102 valence electrons. The van der Waals surface area contributed by atoms with Crippen molar-refractivity contribution in [1.29, 1.82) is 0 Å². The van der Waals surface area contributed by atoms with Crippen molar-refractivity contribution < 1.29 is 13.2 Å². The van der Waals surface area contributed by atoms with Gasteiger partial charge in [0.05, 0.1) is 10.6 Å². The van der Waals surface area contributed by atoms with E-state index in [0.717, 1.165) is 6.07 Å². The van der Waals surface area contributed by atoms with E-state index >= 15 is 0 Å². The summed E-state index contributed by atoms with van der Waals surface area (Å²) in [6.45, 7) is 0. The highest BCUT2D eigenvalue weighted by atomic mass is 35.5. The van der Waals surface area contributed by atoms with Crippen LogP contribution in [0.2, 0.25) is 5.02 Å². The molecule has 0 fully saturated rings. The van der Waals surface area contributed by atoms with Crippen LogP contribution in [0.15, 0.2) is 42.6 Å². The second-order valence-corrected chi connectivity index (χ2v) is 4.52. The molecule has 0 radical (unpaired) electrons. The third-order valence-electron chi connectivity index (χ3n) is 2.86. The van der Waals surface area contributed by atoms with Gasteiger partial charge in [-0.15, -0.1) is 10.2 Å². The molecule has 0 N–H and O–H groups in total. The third-order valence-corrected chi connectivity index (χ3v) is 3.16. The second-order valence-electron chi connectivity index (χ2n) is 4.12. The highest BCUT2D eigenvalue weighted by Gasteiger charge is 2.34. The molecule has 3 rings (SSSR count). The molecule has 0 saturated carbocycles. The number of pyridine rings is 1. The van der Waals surface area contributed by atoms with Crippen LogP contribution in [0.4, 0.5) is 13.2 Å². The first kappa shape index (κ1) is 12.9. The predicted molar refractivity (Wildman–Crippen MR) is 68.4 cm³/mol.